The van der Waals surface area contributed by atoms with Crippen molar-refractivity contribution in [2.75, 3.05) is 18.4 Å². The van der Waals surface area contributed by atoms with Crippen molar-refractivity contribution < 1.29 is 9.32 Å². The molecule has 3 rings (SSSR count). The Morgan fingerprint density at radius 3 is 3.13 bits per heavy atom. The van der Waals surface area contributed by atoms with Crippen LogP contribution in [-0.2, 0) is 4.79 Å². The molecule has 1 aliphatic rings. The second-order valence-corrected chi connectivity index (χ2v) is 5.98. The van der Waals surface area contributed by atoms with Gasteiger partial charge < -0.3 is 9.42 Å². The highest BCUT2D eigenvalue weighted by molar-refractivity contribution is 6.30. The molecule has 1 unspecified atom stereocenters. The lowest BCUT2D eigenvalue weighted by Crippen LogP contribution is -2.19. The van der Waals surface area contributed by atoms with Crippen molar-refractivity contribution in [2.24, 2.45) is 5.92 Å². The summed E-state index contributed by atoms with van der Waals surface area (Å²) in [4.78, 5) is 13.7. The number of anilines is 1. The first-order valence-electron chi connectivity index (χ1n) is 7.31. The van der Waals surface area contributed by atoms with E-state index in [0.29, 0.717) is 29.6 Å². The number of carbonyl (C=O) groups is 1. The van der Waals surface area contributed by atoms with Gasteiger partial charge in [0.25, 0.3) is 0 Å². The Labute approximate surface area is 138 Å². The number of rotatable bonds is 4. The van der Waals surface area contributed by atoms with E-state index in [1.54, 1.807) is 23.1 Å². The molecular weight excluding hydrogens is 316 g/mol. The number of nitriles is 1. The van der Waals surface area contributed by atoms with Crippen LogP contribution in [-0.4, -0.2) is 29.1 Å². The van der Waals surface area contributed by atoms with E-state index < -0.39 is 0 Å². The first-order chi connectivity index (χ1) is 11.1. The monoisotopic (exact) mass is 330 g/mol. The molecule has 6 nitrogen and oxygen atoms in total. The molecular formula is C16H15ClN4O2. The first-order valence-corrected chi connectivity index (χ1v) is 7.69. The zero-order chi connectivity index (χ0) is 16.2. The van der Waals surface area contributed by atoms with Crippen LogP contribution in [0.25, 0.3) is 11.3 Å². The van der Waals surface area contributed by atoms with Crippen molar-refractivity contribution in [3.8, 4) is 17.5 Å². The maximum atomic E-state index is 12.0. The highest BCUT2D eigenvalue weighted by Crippen LogP contribution is 2.25. The molecule has 118 valence electrons. The number of nitrogens with zero attached hydrogens (tertiary/aromatic N) is 3. The third-order valence-corrected chi connectivity index (χ3v) is 4.03. The molecule has 2 aromatic rings. The van der Waals surface area contributed by atoms with Crippen LogP contribution in [0.15, 0.2) is 34.9 Å². The van der Waals surface area contributed by atoms with E-state index >= 15 is 0 Å². The van der Waals surface area contributed by atoms with Crippen LogP contribution in [0.2, 0.25) is 5.02 Å². The summed E-state index contributed by atoms with van der Waals surface area (Å²) in [6, 6.07) is 8.91. The fourth-order valence-electron chi connectivity index (χ4n) is 2.66. The van der Waals surface area contributed by atoms with E-state index in [-0.39, 0.29) is 11.8 Å². The molecule has 0 bridgehead atoms. The molecule has 23 heavy (non-hydrogen) atoms. The van der Waals surface area contributed by atoms with E-state index in [2.05, 4.69) is 16.7 Å². The van der Waals surface area contributed by atoms with Gasteiger partial charge in [-0.25, -0.2) is 0 Å². The van der Waals surface area contributed by atoms with E-state index in [1.165, 1.54) is 0 Å². The molecule has 1 saturated heterocycles. The molecule has 1 amide bonds. The molecule has 1 aromatic carbocycles. The van der Waals surface area contributed by atoms with Crippen molar-refractivity contribution in [1.82, 2.24) is 10.1 Å². The van der Waals surface area contributed by atoms with Gasteiger partial charge in [0.1, 0.15) is 5.69 Å². The molecule has 1 aliphatic heterocycles. The predicted octanol–water partition coefficient (Wildman–Crippen LogP) is 3.13. The number of amides is 1. The van der Waals surface area contributed by atoms with Crippen LogP contribution >= 0.6 is 11.6 Å². The summed E-state index contributed by atoms with van der Waals surface area (Å²) in [6.07, 6.45) is 3.32. The summed E-state index contributed by atoms with van der Waals surface area (Å²) < 4.78 is 5.15. The quantitative estimate of drug-likeness (QED) is 0.871. The Morgan fingerprint density at radius 1 is 1.52 bits per heavy atom. The van der Waals surface area contributed by atoms with Crippen LogP contribution in [0.5, 0.6) is 0 Å². The van der Waals surface area contributed by atoms with E-state index in [9.17, 15) is 4.79 Å². The zero-order valence-electron chi connectivity index (χ0n) is 12.3. The molecule has 0 spiro atoms. The highest BCUT2D eigenvalue weighted by Gasteiger charge is 2.24. The third-order valence-electron chi connectivity index (χ3n) is 3.79. The minimum absolute atomic E-state index is 0.136. The van der Waals surface area contributed by atoms with Gasteiger partial charge in [-0.2, -0.15) is 5.26 Å². The number of hydrogen-bond acceptors (Lipinski definition) is 5. The lowest BCUT2D eigenvalue weighted by molar-refractivity contribution is -0.117. The average molecular weight is 331 g/mol. The van der Waals surface area contributed by atoms with Crippen molar-refractivity contribution in [2.45, 2.75) is 12.8 Å². The molecule has 0 radical (unpaired) electrons. The van der Waals surface area contributed by atoms with Gasteiger partial charge in [-0.15, -0.1) is 0 Å². The molecule has 0 saturated carbocycles. The zero-order valence-corrected chi connectivity index (χ0v) is 13.1. The summed E-state index contributed by atoms with van der Waals surface area (Å²) >= 11 is 5.95. The van der Waals surface area contributed by atoms with Crippen molar-refractivity contribution in [1.29, 1.82) is 5.26 Å². The van der Waals surface area contributed by atoms with Crippen molar-refractivity contribution in [3.63, 3.8) is 0 Å². The van der Waals surface area contributed by atoms with Crippen molar-refractivity contribution in [3.05, 3.63) is 35.4 Å². The first kappa shape index (κ1) is 15.4. The number of hydrogen-bond donors (Lipinski definition) is 1. The van der Waals surface area contributed by atoms with Crippen LogP contribution in [0, 0.1) is 17.4 Å². The molecule has 7 heteroatoms. The van der Waals surface area contributed by atoms with Gasteiger partial charge in [0, 0.05) is 36.2 Å². The van der Waals surface area contributed by atoms with E-state index in [0.717, 1.165) is 18.5 Å². The van der Waals surface area contributed by atoms with Crippen molar-refractivity contribution >= 4 is 23.4 Å². The summed E-state index contributed by atoms with van der Waals surface area (Å²) in [5.74, 6) is 0.369. The third kappa shape index (κ3) is 3.82. The number of aromatic nitrogens is 1. The lowest BCUT2D eigenvalue weighted by Gasteiger charge is -2.08. The Hall–Kier alpha value is -2.52. The number of benzene rings is 1. The Kier molecular flexibility index (Phi) is 4.49. The number of likely N-dealkylation sites (tertiary alicyclic amines) is 1. The van der Waals surface area contributed by atoms with Gasteiger partial charge in [-0.3, -0.25) is 10.1 Å². The molecule has 1 fully saturated rings. The lowest BCUT2D eigenvalue weighted by atomic mass is 10.0. The minimum Gasteiger partial charge on any atom is -0.338 e. The molecule has 0 aliphatic carbocycles. The number of halogens is 1. The number of carbonyl (C=O) groups excluding carboxylic acids is 1. The minimum atomic E-state index is -0.136. The second-order valence-electron chi connectivity index (χ2n) is 5.54. The van der Waals surface area contributed by atoms with E-state index in [1.807, 2.05) is 12.1 Å². The summed E-state index contributed by atoms with van der Waals surface area (Å²) in [6.45, 7) is 1.35. The van der Waals surface area contributed by atoms with E-state index in [4.69, 9.17) is 21.4 Å². The number of nitrogens with one attached hydrogen (secondary N) is 1. The van der Waals surface area contributed by atoms with Gasteiger partial charge in [-0.1, -0.05) is 28.9 Å². The Bertz CT molecular complexity index is 753. The summed E-state index contributed by atoms with van der Waals surface area (Å²) in [5.41, 5.74) is 1.43. The van der Waals surface area contributed by atoms with Crippen LogP contribution < -0.4 is 5.32 Å². The SMILES string of the molecule is N#CN1CCC(CC(=O)Nc2cc(-c3cccc(Cl)c3)no2)C1. The smallest absolute Gasteiger partial charge is 0.231 e. The maximum absolute atomic E-state index is 12.0. The summed E-state index contributed by atoms with van der Waals surface area (Å²) in [7, 11) is 0. The second kappa shape index (κ2) is 6.71. The molecule has 1 aromatic heterocycles. The Morgan fingerprint density at radius 2 is 2.39 bits per heavy atom. The van der Waals surface area contributed by atoms with Gasteiger partial charge in [0.2, 0.25) is 11.8 Å². The predicted molar refractivity (Wildman–Crippen MR) is 85.5 cm³/mol. The average Bonchev–Trinajstić information content (AvgIpc) is 3.16. The normalized spacial score (nSPS) is 17.0. The molecule has 1 atom stereocenters. The van der Waals surface area contributed by atoms with Gasteiger partial charge in [0.05, 0.1) is 0 Å². The van der Waals surface area contributed by atoms with Gasteiger partial charge in [0.15, 0.2) is 6.19 Å². The van der Waals surface area contributed by atoms with Crippen LogP contribution in [0.3, 0.4) is 0 Å². The molecule has 2 heterocycles. The van der Waals surface area contributed by atoms with Crippen LogP contribution in [0.4, 0.5) is 5.88 Å². The standard InChI is InChI=1S/C16H15ClN4O2/c17-13-3-1-2-12(7-13)14-8-16(23-20-14)19-15(22)6-11-4-5-21(9-11)10-18/h1-3,7-8,11H,4-6,9H2,(H,19,22). The highest BCUT2D eigenvalue weighted by atomic mass is 35.5. The maximum Gasteiger partial charge on any atom is 0.231 e. The fraction of sp³-hybridized carbons (Fsp3) is 0.312. The topological polar surface area (TPSA) is 82.2 Å². The van der Waals surface area contributed by atoms with Gasteiger partial charge in [-0.05, 0) is 24.5 Å². The fourth-order valence-corrected chi connectivity index (χ4v) is 2.85. The van der Waals surface area contributed by atoms with Gasteiger partial charge >= 0.3 is 0 Å². The Balaban J connectivity index is 1.59. The van der Waals surface area contributed by atoms with Crippen LogP contribution in [0.1, 0.15) is 12.8 Å². The summed E-state index contributed by atoms with van der Waals surface area (Å²) in [5, 5.41) is 16.1. The largest absolute Gasteiger partial charge is 0.338 e. The molecule has 1 N–H and O–H groups in total.